The molecule has 0 aliphatic carbocycles. The van der Waals surface area contributed by atoms with Crippen LogP contribution in [0.3, 0.4) is 0 Å². The third kappa shape index (κ3) is 2.52. The van der Waals surface area contributed by atoms with Crippen molar-refractivity contribution in [3.05, 3.63) is 89.6 Å². The number of benzene rings is 2. The highest BCUT2D eigenvalue weighted by Crippen LogP contribution is 2.25. The van der Waals surface area contributed by atoms with Crippen molar-refractivity contribution in [2.24, 2.45) is 5.73 Å². The fraction of sp³-hybridized carbons (Fsp3) is 0.0588. The summed E-state index contributed by atoms with van der Waals surface area (Å²) in [6.07, 6.45) is 4.02. The van der Waals surface area contributed by atoms with Gasteiger partial charge in [0.1, 0.15) is 0 Å². The summed E-state index contributed by atoms with van der Waals surface area (Å²) in [5, 5.41) is 3.52. The fourth-order valence-corrected chi connectivity index (χ4v) is 2.28. The molecule has 0 fully saturated rings. The molecule has 0 saturated carbocycles. The molecule has 1 aliphatic rings. The van der Waals surface area contributed by atoms with Crippen LogP contribution in [0.15, 0.2) is 78.5 Å². The van der Waals surface area contributed by atoms with Crippen molar-refractivity contribution in [2.45, 2.75) is 6.04 Å². The monoisotopic (exact) mass is 248 g/mol. The highest BCUT2D eigenvalue weighted by molar-refractivity contribution is 5.68. The first-order chi connectivity index (χ1) is 9.33. The van der Waals surface area contributed by atoms with E-state index in [4.69, 9.17) is 5.73 Å². The molecule has 0 bridgehead atoms. The molecule has 1 unspecified atom stereocenters. The second kappa shape index (κ2) is 5.02. The molecule has 1 aliphatic heterocycles. The first-order valence-corrected chi connectivity index (χ1v) is 6.39. The topological polar surface area (TPSA) is 38.0 Å². The lowest BCUT2D eigenvalue weighted by atomic mass is 10.00. The molecule has 0 spiro atoms. The van der Waals surface area contributed by atoms with Crippen molar-refractivity contribution in [2.75, 3.05) is 0 Å². The zero-order chi connectivity index (χ0) is 13.1. The van der Waals surface area contributed by atoms with E-state index in [2.05, 4.69) is 29.6 Å². The summed E-state index contributed by atoms with van der Waals surface area (Å²) in [6.45, 7) is 0. The molecule has 0 aromatic heterocycles. The van der Waals surface area contributed by atoms with Gasteiger partial charge in [-0.1, -0.05) is 60.7 Å². The predicted molar refractivity (Wildman–Crippen MR) is 79.0 cm³/mol. The summed E-state index contributed by atoms with van der Waals surface area (Å²) in [5.41, 5.74) is 10.3. The Hall–Kier alpha value is -2.48. The molecule has 0 saturated heterocycles. The van der Waals surface area contributed by atoms with Crippen LogP contribution >= 0.6 is 0 Å². The average molecular weight is 248 g/mol. The number of rotatable bonds is 2. The van der Waals surface area contributed by atoms with Crippen molar-refractivity contribution in [3.63, 3.8) is 0 Å². The number of hydrogen-bond acceptors (Lipinski definition) is 2. The van der Waals surface area contributed by atoms with Gasteiger partial charge in [-0.2, -0.15) is 0 Å². The van der Waals surface area contributed by atoms with E-state index in [0.717, 1.165) is 17.0 Å². The lowest BCUT2D eigenvalue weighted by molar-refractivity contribution is 0.755. The van der Waals surface area contributed by atoms with Crippen LogP contribution in [0.2, 0.25) is 0 Å². The SMILES string of the molecule is NC1=CC(c2ccccc2)NC(c2ccccc2)=C1. The summed E-state index contributed by atoms with van der Waals surface area (Å²) in [5.74, 6) is 0. The maximum Gasteiger partial charge on any atom is 0.0720 e. The van der Waals surface area contributed by atoms with Gasteiger partial charge in [-0.3, -0.25) is 0 Å². The van der Waals surface area contributed by atoms with E-state index in [1.807, 2.05) is 48.6 Å². The number of dihydropyridines is 1. The molecule has 1 atom stereocenters. The van der Waals surface area contributed by atoms with Gasteiger partial charge in [0, 0.05) is 11.4 Å². The Bertz CT molecular complexity index is 612. The molecule has 2 heteroatoms. The van der Waals surface area contributed by atoms with Crippen LogP contribution in [0.1, 0.15) is 17.2 Å². The van der Waals surface area contributed by atoms with Gasteiger partial charge in [0.05, 0.1) is 6.04 Å². The molecule has 2 nitrogen and oxygen atoms in total. The molecule has 2 aromatic rings. The van der Waals surface area contributed by atoms with Crippen LogP contribution in [0, 0.1) is 0 Å². The van der Waals surface area contributed by atoms with Crippen molar-refractivity contribution < 1.29 is 0 Å². The minimum Gasteiger partial charge on any atom is -0.399 e. The van der Waals surface area contributed by atoms with Crippen LogP contribution in [0.4, 0.5) is 0 Å². The van der Waals surface area contributed by atoms with Gasteiger partial charge in [-0.05, 0) is 23.3 Å². The highest BCUT2D eigenvalue weighted by atomic mass is 14.9. The van der Waals surface area contributed by atoms with Crippen LogP contribution < -0.4 is 11.1 Å². The summed E-state index contributed by atoms with van der Waals surface area (Å²) in [4.78, 5) is 0. The van der Waals surface area contributed by atoms with E-state index in [-0.39, 0.29) is 6.04 Å². The summed E-state index contributed by atoms with van der Waals surface area (Å²) < 4.78 is 0. The Kier molecular flexibility index (Phi) is 3.07. The van der Waals surface area contributed by atoms with E-state index >= 15 is 0 Å². The molecule has 3 N–H and O–H groups in total. The zero-order valence-corrected chi connectivity index (χ0v) is 10.6. The minimum atomic E-state index is 0.126. The summed E-state index contributed by atoms with van der Waals surface area (Å²) in [6, 6.07) is 20.7. The van der Waals surface area contributed by atoms with Crippen LogP contribution in [0.25, 0.3) is 5.70 Å². The maximum absolute atomic E-state index is 6.03. The van der Waals surface area contributed by atoms with Gasteiger partial charge in [0.25, 0.3) is 0 Å². The standard InChI is InChI=1S/C17H16N2/c18-15-11-16(13-7-3-1-4-8-13)19-17(12-15)14-9-5-2-6-10-14/h1-12,16,19H,18H2. The number of allylic oxidation sites excluding steroid dienone is 1. The Morgan fingerprint density at radius 1 is 0.842 bits per heavy atom. The maximum atomic E-state index is 6.03. The summed E-state index contributed by atoms with van der Waals surface area (Å²) in [7, 11) is 0. The van der Waals surface area contributed by atoms with Crippen molar-refractivity contribution >= 4 is 5.70 Å². The third-order valence-corrected chi connectivity index (χ3v) is 3.22. The van der Waals surface area contributed by atoms with E-state index in [1.54, 1.807) is 0 Å². The number of hydrogen-bond donors (Lipinski definition) is 2. The van der Waals surface area contributed by atoms with Gasteiger partial charge >= 0.3 is 0 Å². The van der Waals surface area contributed by atoms with E-state index in [9.17, 15) is 0 Å². The van der Waals surface area contributed by atoms with Crippen LogP contribution in [0.5, 0.6) is 0 Å². The lowest BCUT2D eigenvalue weighted by Gasteiger charge is -2.24. The van der Waals surface area contributed by atoms with E-state index in [1.165, 1.54) is 5.56 Å². The average Bonchev–Trinajstić information content (AvgIpc) is 2.48. The molecular weight excluding hydrogens is 232 g/mol. The molecule has 94 valence electrons. The predicted octanol–water partition coefficient (Wildman–Crippen LogP) is 3.21. The molecule has 1 heterocycles. The second-order valence-corrected chi connectivity index (χ2v) is 4.62. The van der Waals surface area contributed by atoms with E-state index < -0.39 is 0 Å². The number of nitrogens with two attached hydrogens (primary N) is 1. The van der Waals surface area contributed by atoms with Gasteiger partial charge in [-0.25, -0.2) is 0 Å². The fourth-order valence-electron chi connectivity index (χ4n) is 2.28. The quantitative estimate of drug-likeness (QED) is 0.856. The molecule has 19 heavy (non-hydrogen) atoms. The normalized spacial score (nSPS) is 18.2. The zero-order valence-electron chi connectivity index (χ0n) is 10.6. The minimum absolute atomic E-state index is 0.126. The smallest absolute Gasteiger partial charge is 0.0720 e. The number of nitrogens with one attached hydrogen (secondary N) is 1. The Morgan fingerprint density at radius 2 is 1.47 bits per heavy atom. The van der Waals surface area contributed by atoms with Gasteiger partial charge in [-0.15, -0.1) is 0 Å². The van der Waals surface area contributed by atoms with Crippen molar-refractivity contribution in [1.29, 1.82) is 0 Å². The second-order valence-electron chi connectivity index (χ2n) is 4.62. The van der Waals surface area contributed by atoms with Gasteiger partial charge in [0.15, 0.2) is 0 Å². The first-order valence-electron chi connectivity index (χ1n) is 6.39. The largest absolute Gasteiger partial charge is 0.399 e. The molecule has 0 amide bonds. The first kappa shape index (κ1) is 11.6. The molecule has 2 aromatic carbocycles. The van der Waals surface area contributed by atoms with Crippen LogP contribution in [-0.4, -0.2) is 0 Å². The molecule has 3 rings (SSSR count). The molecular formula is C17H16N2. The highest BCUT2D eigenvalue weighted by Gasteiger charge is 2.15. The molecule has 0 radical (unpaired) electrons. The van der Waals surface area contributed by atoms with Crippen LogP contribution in [-0.2, 0) is 0 Å². The Balaban J connectivity index is 1.92. The van der Waals surface area contributed by atoms with E-state index in [0.29, 0.717) is 0 Å². The summed E-state index contributed by atoms with van der Waals surface area (Å²) >= 11 is 0. The van der Waals surface area contributed by atoms with Gasteiger partial charge < -0.3 is 11.1 Å². The Labute approximate surface area is 113 Å². The third-order valence-electron chi connectivity index (χ3n) is 3.22. The lowest BCUT2D eigenvalue weighted by Crippen LogP contribution is -2.23. The van der Waals surface area contributed by atoms with Crippen molar-refractivity contribution in [3.8, 4) is 0 Å². The Morgan fingerprint density at radius 3 is 2.16 bits per heavy atom. The van der Waals surface area contributed by atoms with Crippen molar-refractivity contribution in [1.82, 2.24) is 5.32 Å². The van der Waals surface area contributed by atoms with Gasteiger partial charge in [0.2, 0.25) is 0 Å².